The number of rotatable bonds is 7. The molecule has 0 aromatic rings. The topological polar surface area (TPSA) is 29.3 Å². The van der Waals surface area contributed by atoms with Crippen LogP contribution in [0.3, 0.4) is 0 Å². The van der Waals surface area contributed by atoms with Crippen molar-refractivity contribution >= 4 is 0 Å². The molecule has 0 spiro atoms. The molecule has 84 valence electrons. The van der Waals surface area contributed by atoms with Gasteiger partial charge in [0, 0.05) is 12.6 Å². The van der Waals surface area contributed by atoms with E-state index >= 15 is 0 Å². The van der Waals surface area contributed by atoms with Gasteiger partial charge in [0.2, 0.25) is 0 Å². The highest BCUT2D eigenvalue weighted by Crippen LogP contribution is 2.04. The lowest BCUT2D eigenvalue weighted by atomic mass is 10.0. The summed E-state index contributed by atoms with van der Waals surface area (Å²) in [6.45, 7) is 12.5. The van der Waals surface area contributed by atoms with E-state index in [0.717, 1.165) is 25.9 Å². The summed E-state index contributed by atoms with van der Waals surface area (Å²) in [5, 5.41) is 0. The Balaban J connectivity index is 3.53. The summed E-state index contributed by atoms with van der Waals surface area (Å²) in [7, 11) is 2.15. The molecule has 0 aromatic carbocycles. The van der Waals surface area contributed by atoms with Gasteiger partial charge in [-0.15, -0.1) is 6.58 Å². The molecule has 2 nitrogen and oxygen atoms in total. The molecule has 0 fully saturated rings. The van der Waals surface area contributed by atoms with Gasteiger partial charge in [0.25, 0.3) is 0 Å². The Labute approximate surface area is 89.2 Å². The van der Waals surface area contributed by atoms with Crippen LogP contribution in [0.4, 0.5) is 0 Å². The third kappa shape index (κ3) is 7.10. The molecule has 2 heteroatoms. The van der Waals surface area contributed by atoms with Crippen LogP contribution in [0, 0.1) is 5.92 Å². The Morgan fingerprint density at radius 2 is 1.93 bits per heavy atom. The van der Waals surface area contributed by atoms with E-state index in [2.05, 4.69) is 39.3 Å². The highest BCUT2D eigenvalue weighted by molar-refractivity contribution is 4.88. The van der Waals surface area contributed by atoms with E-state index in [9.17, 15) is 0 Å². The lowest BCUT2D eigenvalue weighted by Gasteiger charge is -2.21. The molecule has 0 heterocycles. The SMILES string of the molecule is C=C(C)CCN(C)CCC(N)C(C)C. The Morgan fingerprint density at radius 3 is 2.36 bits per heavy atom. The molecule has 0 aliphatic rings. The number of hydrogen-bond acceptors (Lipinski definition) is 2. The van der Waals surface area contributed by atoms with E-state index < -0.39 is 0 Å². The summed E-state index contributed by atoms with van der Waals surface area (Å²) < 4.78 is 0. The molecule has 0 aromatic heterocycles. The van der Waals surface area contributed by atoms with Gasteiger partial charge in [0.05, 0.1) is 0 Å². The van der Waals surface area contributed by atoms with Crippen molar-refractivity contribution in [2.24, 2.45) is 11.7 Å². The van der Waals surface area contributed by atoms with Crippen LogP contribution in [0.15, 0.2) is 12.2 Å². The van der Waals surface area contributed by atoms with Crippen molar-refractivity contribution in [1.29, 1.82) is 0 Å². The first-order valence-corrected chi connectivity index (χ1v) is 5.52. The molecule has 0 aliphatic heterocycles. The highest BCUT2D eigenvalue weighted by atomic mass is 15.1. The van der Waals surface area contributed by atoms with Gasteiger partial charge in [-0.2, -0.15) is 0 Å². The maximum absolute atomic E-state index is 5.98. The van der Waals surface area contributed by atoms with Crippen molar-refractivity contribution in [2.75, 3.05) is 20.1 Å². The Kier molecular flexibility index (Phi) is 6.85. The summed E-state index contributed by atoms with van der Waals surface area (Å²) in [4.78, 5) is 2.33. The second-order valence-electron chi connectivity index (χ2n) is 4.71. The van der Waals surface area contributed by atoms with Gasteiger partial charge in [-0.3, -0.25) is 0 Å². The third-order valence-corrected chi connectivity index (χ3v) is 2.62. The molecule has 0 rings (SSSR count). The number of nitrogens with two attached hydrogens (primary N) is 1. The quantitative estimate of drug-likeness (QED) is 0.636. The Hall–Kier alpha value is -0.340. The van der Waals surface area contributed by atoms with E-state index in [4.69, 9.17) is 5.73 Å². The van der Waals surface area contributed by atoms with Gasteiger partial charge < -0.3 is 10.6 Å². The van der Waals surface area contributed by atoms with E-state index in [-0.39, 0.29) is 0 Å². The van der Waals surface area contributed by atoms with Gasteiger partial charge in [0.1, 0.15) is 0 Å². The van der Waals surface area contributed by atoms with Gasteiger partial charge >= 0.3 is 0 Å². The summed E-state index contributed by atoms with van der Waals surface area (Å²) in [6.07, 6.45) is 2.18. The van der Waals surface area contributed by atoms with Crippen LogP contribution in [0.5, 0.6) is 0 Å². The average molecular weight is 198 g/mol. The molecule has 2 N–H and O–H groups in total. The average Bonchev–Trinajstić information content (AvgIpc) is 2.10. The maximum Gasteiger partial charge on any atom is 0.00740 e. The van der Waals surface area contributed by atoms with Crippen molar-refractivity contribution in [3.63, 3.8) is 0 Å². The summed E-state index contributed by atoms with van der Waals surface area (Å²) in [5.74, 6) is 0.588. The van der Waals surface area contributed by atoms with E-state index in [1.807, 2.05) is 0 Å². The monoisotopic (exact) mass is 198 g/mol. The smallest absolute Gasteiger partial charge is 0.00740 e. The fourth-order valence-electron chi connectivity index (χ4n) is 1.20. The fourth-order valence-corrected chi connectivity index (χ4v) is 1.20. The lowest BCUT2D eigenvalue weighted by Crippen LogP contribution is -2.32. The first-order valence-electron chi connectivity index (χ1n) is 5.52. The van der Waals surface area contributed by atoms with Crippen LogP contribution in [-0.4, -0.2) is 31.1 Å². The molecular formula is C12H26N2. The molecule has 1 unspecified atom stereocenters. The van der Waals surface area contributed by atoms with Crippen LogP contribution in [-0.2, 0) is 0 Å². The van der Waals surface area contributed by atoms with Gasteiger partial charge in [0.15, 0.2) is 0 Å². The van der Waals surface area contributed by atoms with Crippen LogP contribution < -0.4 is 5.73 Å². The summed E-state index contributed by atoms with van der Waals surface area (Å²) >= 11 is 0. The van der Waals surface area contributed by atoms with Crippen molar-refractivity contribution in [3.05, 3.63) is 12.2 Å². The predicted molar refractivity (Wildman–Crippen MR) is 64.4 cm³/mol. The fraction of sp³-hybridized carbons (Fsp3) is 0.833. The normalized spacial score (nSPS) is 13.6. The first kappa shape index (κ1) is 13.7. The van der Waals surface area contributed by atoms with E-state index in [0.29, 0.717) is 12.0 Å². The van der Waals surface area contributed by atoms with Crippen molar-refractivity contribution in [1.82, 2.24) is 4.90 Å². The van der Waals surface area contributed by atoms with Crippen molar-refractivity contribution < 1.29 is 0 Å². The first-order chi connectivity index (χ1) is 6.43. The molecule has 0 saturated heterocycles. The minimum absolute atomic E-state index is 0.335. The minimum atomic E-state index is 0.335. The molecule has 0 radical (unpaired) electrons. The minimum Gasteiger partial charge on any atom is -0.327 e. The molecular weight excluding hydrogens is 172 g/mol. The highest BCUT2D eigenvalue weighted by Gasteiger charge is 2.08. The maximum atomic E-state index is 5.98. The van der Waals surface area contributed by atoms with Crippen LogP contribution in [0.2, 0.25) is 0 Å². The van der Waals surface area contributed by atoms with E-state index in [1.54, 1.807) is 0 Å². The molecule has 0 amide bonds. The van der Waals surface area contributed by atoms with Crippen LogP contribution >= 0.6 is 0 Å². The number of hydrogen-bond donors (Lipinski definition) is 1. The van der Waals surface area contributed by atoms with Crippen LogP contribution in [0.25, 0.3) is 0 Å². The van der Waals surface area contributed by atoms with Gasteiger partial charge in [-0.1, -0.05) is 19.4 Å². The Bertz CT molecular complexity index is 164. The third-order valence-electron chi connectivity index (χ3n) is 2.62. The van der Waals surface area contributed by atoms with Gasteiger partial charge in [-0.05, 0) is 39.3 Å². The Morgan fingerprint density at radius 1 is 1.36 bits per heavy atom. The second-order valence-corrected chi connectivity index (χ2v) is 4.71. The van der Waals surface area contributed by atoms with E-state index in [1.165, 1.54) is 5.57 Å². The second kappa shape index (κ2) is 7.02. The standard InChI is InChI=1S/C12H26N2/c1-10(2)6-8-14(5)9-7-12(13)11(3)4/h11-12H,1,6-9,13H2,2-5H3. The van der Waals surface area contributed by atoms with Crippen molar-refractivity contribution in [3.8, 4) is 0 Å². The zero-order chi connectivity index (χ0) is 11.1. The zero-order valence-corrected chi connectivity index (χ0v) is 10.2. The largest absolute Gasteiger partial charge is 0.327 e. The predicted octanol–water partition coefficient (Wildman–Crippen LogP) is 2.26. The van der Waals surface area contributed by atoms with Gasteiger partial charge in [-0.25, -0.2) is 0 Å². The number of nitrogens with zero attached hydrogens (tertiary/aromatic N) is 1. The zero-order valence-electron chi connectivity index (χ0n) is 10.2. The van der Waals surface area contributed by atoms with Crippen molar-refractivity contribution in [2.45, 2.75) is 39.7 Å². The summed E-state index contributed by atoms with van der Waals surface area (Å²) in [5.41, 5.74) is 7.23. The lowest BCUT2D eigenvalue weighted by molar-refractivity contribution is 0.306. The molecule has 14 heavy (non-hydrogen) atoms. The molecule has 1 atom stereocenters. The summed E-state index contributed by atoms with van der Waals surface area (Å²) in [6, 6.07) is 0.335. The van der Waals surface area contributed by atoms with Crippen LogP contribution in [0.1, 0.15) is 33.6 Å². The molecule has 0 saturated carbocycles. The molecule has 0 bridgehead atoms. The molecule has 0 aliphatic carbocycles.